The van der Waals surface area contributed by atoms with Gasteiger partial charge in [0.05, 0.1) is 0 Å². The minimum atomic E-state index is -0.172. The largest absolute Gasteiger partial charge is 0.329 e. The lowest BCUT2D eigenvalue weighted by Gasteiger charge is -2.49. The first-order chi connectivity index (χ1) is 9.47. The van der Waals surface area contributed by atoms with Crippen molar-refractivity contribution in [3.63, 3.8) is 0 Å². The van der Waals surface area contributed by atoms with Gasteiger partial charge in [-0.2, -0.15) is 0 Å². The van der Waals surface area contributed by atoms with Gasteiger partial charge < -0.3 is 10.6 Å². The van der Waals surface area contributed by atoms with Crippen molar-refractivity contribution in [1.29, 1.82) is 0 Å². The first-order valence-electron chi connectivity index (χ1n) is 7.33. The van der Waals surface area contributed by atoms with Gasteiger partial charge in [-0.3, -0.25) is 4.90 Å². The molecule has 2 unspecified atom stereocenters. The van der Waals surface area contributed by atoms with Crippen LogP contribution in [-0.2, 0) is 6.54 Å². The van der Waals surface area contributed by atoms with Crippen LogP contribution in [0.1, 0.15) is 25.3 Å². The van der Waals surface area contributed by atoms with E-state index in [0.717, 1.165) is 31.5 Å². The first kappa shape index (κ1) is 15.4. The van der Waals surface area contributed by atoms with Gasteiger partial charge in [-0.1, -0.05) is 12.1 Å². The molecule has 1 saturated heterocycles. The van der Waals surface area contributed by atoms with E-state index in [-0.39, 0.29) is 11.4 Å². The molecular weight excluding hydrogens is 253 g/mol. The molecule has 1 aromatic rings. The zero-order chi connectivity index (χ0) is 14.8. The van der Waals surface area contributed by atoms with Gasteiger partial charge in [-0.15, -0.1) is 0 Å². The van der Waals surface area contributed by atoms with Gasteiger partial charge in [-0.05, 0) is 58.1 Å². The number of likely N-dealkylation sites (N-methyl/N-ethyl adjacent to an activating group) is 1. The van der Waals surface area contributed by atoms with E-state index in [1.54, 1.807) is 12.1 Å². The summed E-state index contributed by atoms with van der Waals surface area (Å²) in [6.07, 6.45) is 2.13. The quantitative estimate of drug-likeness (QED) is 0.916. The Morgan fingerprint density at radius 3 is 2.85 bits per heavy atom. The van der Waals surface area contributed by atoms with E-state index < -0.39 is 0 Å². The molecule has 20 heavy (non-hydrogen) atoms. The Hall–Kier alpha value is -0.970. The first-order valence-corrected chi connectivity index (χ1v) is 7.33. The molecule has 1 heterocycles. The highest BCUT2D eigenvalue weighted by atomic mass is 19.1. The van der Waals surface area contributed by atoms with Crippen molar-refractivity contribution in [2.45, 2.75) is 37.9 Å². The third-order valence-electron chi connectivity index (χ3n) is 4.86. The fraction of sp³-hybridized carbons (Fsp3) is 0.625. The van der Waals surface area contributed by atoms with Crippen molar-refractivity contribution in [3.8, 4) is 0 Å². The van der Waals surface area contributed by atoms with Gasteiger partial charge in [0.2, 0.25) is 0 Å². The highest BCUT2D eigenvalue weighted by Crippen LogP contribution is 2.31. The number of hydrogen-bond donors (Lipinski definition) is 1. The van der Waals surface area contributed by atoms with Crippen LogP contribution < -0.4 is 5.73 Å². The van der Waals surface area contributed by atoms with E-state index in [0.29, 0.717) is 12.6 Å². The zero-order valence-electron chi connectivity index (χ0n) is 12.8. The second-order valence-corrected chi connectivity index (χ2v) is 6.20. The number of rotatable bonds is 4. The molecule has 3 nitrogen and oxygen atoms in total. The molecule has 0 aliphatic carbocycles. The number of piperidine rings is 1. The van der Waals surface area contributed by atoms with Crippen LogP contribution >= 0.6 is 0 Å². The molecule has 0 saturated carbocycles. The maximum Gasteiger partial charge on any atom is 0.123 e. The van der Waals surface area contributed by atoms with Crippen molar-refractivity contribution in [3.05, 3.63) is 35.6 Å². The minimum Gasteiger partial charge on any atom is -0.329 e. The van der Waals surface area contributed by atoms with Gasteiger partial charge in [0.1, 0.15) is 5.82 Å². The maximum atomic E-state index is 13.3. The van der Waals surface area contributed by atoms with Crippen LogP contribution in [-0.4, -0.2) is 48.6 Å². The molecule has 0 spiro atoms. The van der Waals surface area contributed by atoms with Gasteiger partial charge in [-0.25, -0.2) is 4.39 Å². The van der Waals surface area contributed by atoms with E-state index in [1.807, 2.05) is 6.07 Å². The van der Waals surface area contributed by atoms with Crippen molar-refractivity contribution >= 4 is 0 Å². The van der Waals surface area contributed by atoms with Crippen LogP contribution in [0.2, 0.25) is 0 Å². The number of halogens is 1. The molecule has 1 fully saturated rings. The van der Waals surface area contributed by atoms with Crippen LogP contribution in [0, 0.1) is 5.82 Å². The van der Waals surface area contributed by atoms with Gasteiger partial charge in [0.25, 0.3) is 0 Å². The standard InChI is InChI=1S/C16H26FN3/c1-13-10-16(12-18,7-8-19(13)2)20(3)11-14-5-4-6-15(17)9-14/h4-6,9,13H,7-8,10-12,18H2,1-3H3. The lowest BCUT2D eigenvalue weighted by molar-refractivity contribution is 0.0221. The van der Waals surface area contributed by atoms with E-state index in [2.05, 4.69) is 30.8 Å². The van der Waals surface area contributed by atoms with Crippen LogP contribution in [0.15, 0.2) is 24.3 Å². The third kappa shape index (κ3) is 3.19. The molecule has 0 aromatic heterocycles. The van der Waals surface area contributed by atoms with Crippen LogP contribution in [0.25, 0.3) is 0 Å². The Kier molecular flexibility index (Phi) is 4.78. The Morgan fingerprint density at radius 1 is 1.50 bits per heavy atom. The summed E-state index contributed by atoms with van der Waals surface area (Å²) < 4.78 is 13.3. The highest BCUT2D eigenvalue weighted by molar-refractivity contribution is 5.17. The minimum absolute atomic E-state index is 0.0260. The van der Waals surface area contributed by atoms with Crippen molar-refractivity contribution in [1.82, 2.24) is 9.80 Å². The Morgan fingerprint density at radius 2 is 2.25 bits per heavy atom. The number of benzene rings is 1. The van der Waals surface area contributed by atoms with E-state index in [9.17, 15) is 4.39 Å². The molecule has 0 bridgehead atoms. The molecule has 1 aromatic carbocycles. The number of hydrogen-bond acceptors (Lipinski definition) is 3. The molecule has 1 aliphatic rings. The SMILES string of the molecule is CC1CC(CN)(N(C)Cc2cccc(F)c2)CCN1C. The second-order valence-electron chi connectivity index (χ2n) is 6.20. The summed E-state index contributed by atoms with van der Waals surface area (Å²) in [6, 6.07) is 7.37. The lowest BCUT2D eigenvalue weighted by Crippen LogP contribution is -2.59. The molecule has 0 amide bonds. The van der Waals surface area contributed by atoms with E-state index in [4.69, 9.17) is 5.73 Å². The fourth-order valence-electron chi connectivity index (χ4n) is 3.18. The average Bonchev–Trinajstić information content (AvgIpc) is 2.42. The molecule has 0 radical (unpaired) electrons. The highest BCUT2D eigenvalue weighted by Gasteiger charge is 2.39. The maximum absolute atomic E-state index is 13.3. The zero-order valence-corrected chi connectivity index (χ0v) is 12.8. The fourth-order valence-corrected chi connectivity index (χ4v) is 3.18. The molecule has 4 heteroatoms. The molecule has 1 aliphatic heterocycles. The summed E-state index contributed by atoms with van der Waals surface area (Å²) in [7, 11) is 4.27. The molecule has 112 valence electrons. The summed E-state index contributed by atoms with van der Waals surface area (Å²) in [5.41, 5.74) is 7.13. The van der Waals surface area contributed by atoms with Crippen LogP contribution in [0.4, 0.5) is 4.39 Å². The average molecular weight is 279 g/mol. The van der Waals surface area contributed by atoms with Crippen molar-refractivity contribution in [2.75, 3.05) is 27.2 Å². The number of nitrogens with two attached hydrogens (primary N) is 1. The summed E-state index contributed by atoms with van der Waals surface area (Å²) in [5, 5.41) is 0. The van der Waals surface area contributed by atoms with Crippen LogP contribution in [0.5, 0.6) is 0 Å². The van der Waals surface area contributed by atoms with Crippen LogP contribution in [0.3, 0.4) is 0 Å². The Labute approximate surface area is 121 Å². The van der Waals surface area contributed by atoms with E-state index in [1.165, 1.54) is 6.07 Å². The summed E-state index contributed by atoms with van der Waals surface area (Å²) in [5.74, 6) is -0.172. The van der Waals surface area contributed by atoms with Crippen molar-refractivity contribution in [2.24, 2.45) is 5.73 Å². The molecule has 2 atom stereocenters. The Balaban J connectivity index is 2.11. The molecule has 2 N–H and O–H groups in total. The van der Waals surface area contributed by atoms with Gasteiger partial charge in [0, 0.05) is 24.7 Å². The second kappa shape index (κ2) is 6.20. The molecule has 2 rings (SSSR count). The predicted octanol–water partition coefficient (Wildman–Crippen LogP) is 2.07. The smallest absolute Gasteiger partial charge is 0.123 e. The summed E-state index contributed by atoms with van der Waals surface area (Å²) in [4.78, 5) is 4.69. The predicted molar refractivity (Wildman–Crippen MR) is 81.0 cm³/mol. The topological polar surface area (TPSA) is 32.5 Å². The van der Waals surface area contributed by atoms with Gasteiger partial charge >= 0.3 is 0 Å². The van der Waals surface area contributed by atoms with Gasteiger partial charge in [0.15, 0.2) is 0 Å². The summed E-state index contributed by atoms with van der Waals surface area (Å²) in [6.45, 7) is 4.70. The normalized spacial score (nSPS) is 28.0. The Bertz CT molecular complexity index is 451. The van der Waals surface area contributed by atoms with E-state index >= 15 is 0 Å². The number of likely N-dealkylation sites (tertiary alicyclic amines) is 1. The number of nitrogens with zero attached hydrogens (tertiary/aromatic N) is 2. The van der Waals surface area contributed by atoms with Crippen molar-refractivity contribution < 1.29 is 4.39 Å². The third-order valence-corrected chi connectivity index (χ3v) is 4.86. The monoisotopic (exact) mass is 279 g/mol. The molecular formula is C16H26FN3. The lowest BCUT2D eigenvalue weighted by atomic mass is 9.82. The summed E-state index contributed by atoms with van der Waals surface area (Å²) >= 11 is 0.